The monoisotopic (exact) mass is 539 g/mol. The van der Waals surface area contributed by atoms with E-state index in [1.807, 2.05) is 42.5 Å². The van der Waals surface area contributed by atoms with Crippen LogP contribution < -0.4 is 15.2 Å². The highest BCUT2D eigenvalue weighted by molar-refractivity contribution is 5.92. The fraction of sp³-hybridized carbons (Fsp3) is 0.286. The maximum absolute atomic E-state index is 10.4. The normalized spacial score (nSPS) is 16.3. The number of hydrogen-bond acceptors (Lipinski definition) is 12. The van der Waals surface area contributed by atoms with Crippen molar-refractivity contribution in [2.45, 2.75) is 0 Å². The van der Waals surface area contributed by atoms with E-state index in [1.54, 1.807) is 18.2 Å². The molecule has 2 aliphatic heterocycles. The number of nitrogens with one attached hydrogen (secondary N) is 1. The van der Waals surface area contributed by atoms with Gasteiger partial charge in [-0.3, -0.25) is 0 Å². The van der Waals surface area contributed by atoms with Crippen LogP contribution in [0.15, 0.2) is 76.0 Å². The van der Waals surface area contributed by atoms with Gasteiger partial charge in [-0.25, -0.2) is 5.43 Å². The molecule has 204 valence electrons. The van der Waals surface area contributed by atoms with Crippen molar-refractivity contribution >= 4 is 46.2 Å². The minimum atomic E-state index is 0.0633. The standard InChI is InChI=1S/C28H29N9O3/c38-25-9-8-22(33-34-24-7-3-5-20-4-1-2-6-23(20)24)18-21(25)19-29-35-26-30-27(36-10-14-39-15-11-36)32-28(31-26)37-12-16-40-17-13-37/h1-9,18-19,38H,10-17H2,(H,30,31,32,35)/b29-19+,34-33?. The van der Waals surface area contributed by atoms with Gasteiger partial charge < -0.3 is 24.4 Å². The molecule has 2 fully saturated rings. The van der Waals surface area contributed by atoms with E-state index in [0.29, 0.717) is 81.7 Å². The van der Waals surface area contributed by atoms with E-state index in [9.17, 15) is 5.11 Å². The Labute approximate surface area is 231 Å². The van der Waals surface area contributed by atoms with E-state index in [0.717, 1.165) is 16.5 Å². The zero-order valence-corrected chi connectivity index (χ0v) is 21.8. The Bertz CT molecular complexity index is 1490. The van der Waals surface area contributed by atoms with Gasteiger partial charge in [0.2, 0.25) is 17.8 Å². The number of hydrogen-bond donors (Lipinski definition) is 2. The summed E-state index contributed by atoms with van der Waals surface area (Å²) in [6.45, 7) is 5.26. The van der Waals surface area contributed by atoms with E-state index >= 15 is 0 Å². The largest absolute Gasteiger partial charge is 0.507 e. The van der Waals surface area contributed by atoms with Gasteiger partial charge in [0.1, 0.15) is 5.75 Å². The predicted octanol–water partition coefficient (Wildman–Crippen LogP) is 4.27. The Kier molecular flexibility index (Phi) is 7.69. The Morgan fingerprint density at radius 3 is 2.17 bits per heavy atom. The number of anilines is 3. The van der Waals surface area contributed by atoms with Crippen LogP contribution in [0.4, 0.5) is 29.2 Å². The van der Waals surface area contributed by atoms with Gasteiger partial charge in [-0.1, -0.05) is 36.4 Å². The fourth-order valence-corrected chi connectivity index (χ4v) is 4.49. The van der Waals surface area contributed by atoms with Gasteiger partial charge in [-0.2, -0.15) is 25.2 Å². The van der Waals surface area contributed by atoms with E-state index in [4.69, 9.17) is 14.5 Å². The molecule has 6 rings (SSSR count). The van der Waals surface area contributed by atoms with Crippen LogP contribution in [0.25, 0.3) is 10.8 Å². The minimum Gasteiger partial charge on any atom is -0.507 e. The van der Waals surface area contributed by atoms with Crippen molar-refractivity contribution < 1.29 is 14.6 Å². The number of rotatable bonds is 7. The molecule has 0 atom stereocenters. The van der Waals surface area contributed by atoms with Crippen LogP contribution in [0.3, 0.4) is 0 Å². The Morgan fingerprint density at radius 2 is 1.45 bits per heavy atom. The average Bonchev–Trinajstić information content (AvgIpc) is 3.02. The maximum Gasteiger partial charge on any atom is 0.250 e. The summed E-state index contributed by atoms with van der Waals surface area (Å²) >= 11 is 0. The van der Waals surface area contributed by atoms with E-state index in [2.05, 4.69) is 40.5 Å². The predicted molar refractivity (Wildman–Crippen MR) is 153 cm³/mol. The zero-order chi connectivity index (χ0) is 27.1. The molecule has 0 bridgehead atoms. The van der Waals surface area contributed by atoms with E-state index in [-0.39, 0.29) is 5.75 Å². The van der Waals surface area contributed by atoms with Crippen molar-refractivity contribution in [1.29, 1.82) is 0 Å². The van der Waals surface area contributed by atoms with Crippen LogP contribution in [-0.2, 0) is 9.47 Å². The summed E-state index contributed by atoms with van der Waals surface area (Å²) in [6, 6.07) is 18.9. The highest BCUT2D eigenvalue weighted by atomic mass is 16.5. The summed E-state index contributed by atoms with van der Waals surface area (Å²) in [5.74, 6) is 1.50. The second-order valence-electron chi connectivity index (χ2n) is 9.27. The summed E-state index contributed by atoms with van der Waals surface area (Å²) in [7, 11) is 0. The molecule has 2 aliphatic rings. The Hall–Kier alpha value is -4.68. The third kappa shape index (κ3) is 5.98. The number of phenolic OH excluding ortho intramolecular Hbond substituents is 1. The first-order chi connectivity index (χ1) is 19.7. The van der Waals surface area contributed by atoms with E-state index in [1.165, 1.54) is 6.21 Å². The molecule has 3 heterocycles. The highest BCUT2D eigenvalue weighted by Crippen LogP contribution is 2.29. The van der Waals surface area contributed by atoms with Gasteiger partial charge in [0.15, 0.2) is 0 Å². The summed E-state index contributed by atoms with van der Waals surface area (Å²) in [5.41, 5.74) is 4.72. The van der Waals surface area contributed by atoms with Gasteiger partial charge >= 0.3 is 0 Å². The zero-order valence-electron chi connectivity index (χ0n) is 21.8. The molecule has 3 aromatic carbocycles. The summed E-state index contributed by atoms with van der Waals surface area (Å²) in [6.07, 6.45) is 1.50. The molecule has 40 heavy (non-hydrogen) atoms. The second kappa shape index (κ2) is 12.0. The van der Waals surface area contributed by atoms with Crippen LogP contribution in [-0.4, -0.2) is 78.9 Å². The van der Waals surface area contributed by atoms with Crippen molar-refractivity contribution in [2.75, 3.05) is 67.8 Å². The molecule has 0 aliphatic carbocycles. The molecule has 2 saturated heterocycles. The molecular weight excluding hydrogens is 510 g/mol. The molecule has 4 aromatic rings. The molecule has 2 N–H and O–H groups in total. The quantitative estimate of drug-likeness (QED) is 0.201. The Morgan fingerprint density at radius 1 is 0.775 bits per heavy atom. The topological polar surface area (TPSA) is 133 Å². The molecule has 1 aromatic heterocycles. The molecule has 12 heteroatoms. The number of aromatic nitrogens is 3. The third-order valence-corrected chi connectivity index (χ3v) is 6.62. The van der Waals surface area contributed by atoms with Gasteiger partial charge in [-0.15, -0.1) is 5.11 Å². The number of fused-ring (bicyclic) bond motifs is 1. The number of azo groups is 1. The van der Waals surface area contributed by atoms with Crippen LogP contribution in [0.2, 0.25) is 0 Å². The lowest BCUT2D eigenvalue weighted by atomic mass is 10.1. The molecule has 0 amide bonds. The molecular formula is C28H29N9O3. The summed E-state index contributed by atoms with van der Waals surface area (Å²) in [4.78, 5) is 18.0. The van der Waals surface area contributed by atoms with Crippen molar-refractivity contribution in [3.05, 3.63) is 66.2 Å². The van der Waals surface area contributed by atoms with Crippen molar-refractivity contribution in [2.24, 2.45) is 15.3 Å². The molecule has 0 unspecified atom stereocenters. The molecule has 0 spiro atoms. The first-order valence-corrected chi connectivity index (χ1v) is 13.2. The van der Waals surface area contributed by atoms with Crippen LogP contribution in [0.1, 0.15) is 5.56 Å². The van der Waals surface area contributed by atoms with Crippen LogP contribution >= 0.6 is 0 Å². The number of aromatic hydroxyl groups is 1. The lowest BCUT2D eigenvalue weighted by Crippen LogP contribution is -2.40. The SMILES string of the molecule is Oc1ccc(N=Nc2cccc3ccccc23)cc1/C=N/Nc1nc(N2CCOCC2)nc(N2CCOCC2)n1. The van der Waals surface area contributed by atoms with Gasteiger partial charge in [0, 0.05) is 37.1 Å². The average molecular weight is 540 g/mol. The number of benzene rings is 3. The third-order valence-electron chi connectivity index (χ3n) is 6.62. The van der Waals surface area contributed by atoms with Gasteiger partial charge in [0.25, 0.3) is 0 Å². The van der Waals surface area contributed by atoms with Crippen LogP contribution in [0, 0.1) is 0 Å². The van der Waals surface area contributed by atoms with Gasteiger partial charge in [-0.05, 0) is 29.7 Å². The summed E-state index contributed by atoms with van der Waals surface area (Å²) < 4.78 is 11.0. The van der Waals surface area contributed by atoms with Crippen LogP contribution in [0.5, 0.6) is 5.75 Å². The molecule has 0 saturated carbocycles. The number of ether oxygens (including phenoxy) is 2. The van der Waals surface area contributed by atoms with E-state index < -0.39 is 0 Å². The number of morpholine rings is 2. The molecule has 0 radical (unpaired) electrons. The minimum absolute atomic E-state index is 0.0633. The molecule has 12 nitrogen and oxygen atoms in total. The first-order valence-electron chi connectivity index (χ1n) is 13.2. The first kappa shape index (κ1) is 25.6. The Balaban J connectivity index is 1.21. The number of hydrazone groups is 1. The maximum atomic E-state index is 10.4. The lowest BCUT2D eigenvalue weighted by Gasteiger charge is -2.30. The number of phenols is 1. The smallest absolute Gasteiger partial charge is 0.250 e. The van der Waals surface area contributed by atoms with Crippen molar-refractivity contribution in [1.82, 2.24) is 15.0 Å². The fourth-order valence-electron chi connectivity index (χ4n) is 4.49. The highest BCUT2D eigenvalue weighted by Gasteiger charge is 2.20. The lowest BCUT2D eigenvalue weighted by molar-refractivity contribution is 0.121. The van der Waals surface area contributed by atoms with Crippen molar-refractivity contribution in [3.8, 4) is 5.75 Å². The summed E-state index contributed by atoms with van der Waals surface area (Å²) in [5, 5.41) is 25.7. The number of nitrogens with zero attached hydrogens (tertiary/aromatic N) is 8. The second-order valence-corrected chi connectivity index (χ2v) is 9.27. The van der Waals surface area contributed by atoms with Crippen molar-refractivity contribution in [3.63, 3.8) is 0 Å². The van der Waals surface area contributed by atoms with Gasteiger partial charge in [0.05, 0.1) is 44.0 Å².